The third-order valence-electron chi connectivity index (χ3n) is 4.35. The molecule has 0 atom stereocenters. The summed E-state index contributed by atoms with van der Waals surface area (Å²) in [6.45, 7) is 3.61. The monoisotopic (exact) mass is 388 g/mol. The number of aromatic hydroxyl groups is 1. The van der Waals surface area contributed by atoms with Gasteiger partial charge in [-0.3, -0.25) is 9.69 Å². The highest BCUT2D eigenvalue weighted by molar-refractivity contribution is 9.10. The highest BCUT2D eigenvalue weighted by Gasteiger charge is 2.15. The lowest BCUT2D eigenvalue weighted by molar-refractivity contribution is 0.0948. The summed E-state index contributed by atoms with van der Waals surface area (Å²) in [6, 6.07) is 13.4. The summed E-state index contributed by atoms with van der Waals surface area (Å²) in [7, 11) is 0. The fourth-order valence-electron chi connectivity index (χ4n) is 3.03. The molecule has 126 valence electrons. The van der Waals surface area contributed by atoms with Crippen molar-refractivity contribution in [1.82, 2.24) is 10.2 Å². The maximum atomic E-state index is 12.1. The van der Waals surface area contributed by atoms with Gasteiger partial charge in [0.15, 0.2) is 0 Å². The van der Waals surface area contributed by atoms with Crippen LogP contribution in [0.15, 0.2) is 46.9 Å². The quantitative estimate of drug-likeness (QED) is 0.772. The molecule has 2 aromatic carbocycles. The predicted molar refractivity (Wildman–Crippen MR) is 98.2 cm³/mol. The summed E-state index contributed by atoms with van der Waals surface area (Å²) >= 11 is 3.31. The largest absolute Gasteiger partial charge is 0.507 e. The molecule has 0 aromatic heterocycles. The van der Waals surface area contributed by atoms with Crippen LogP contribution >= 0.6 is 15.9 Å². The molecule has 0 radical (unpaired) electrons. The van der Waals surface area contributed by atoms with Gasteiger partial charge in [0, 0.05) is 30.7 Å². The van der Waals surface area contributed by atoms with E-state index in [1.165, 1.54) is 17.2 Å². The Kier molecular flexibility index (Phi) is 5.53. The molecule has 0 saturated heterocycles. The smallest absolute Gasteiger partial charge is 0.255 e. The summed E-state index contributed by atoms with van der Waals surface area (Å²) in [6.07, 6.45) is 1.98. The standard InChI is InChI=1S/C19H21BrN2O2/c20-16-6-7-18(23)17(12-16)19(24)21-9-3-10-22-11-8-14-4-1-2-5-15(14)13-22/h1-2,4-7,12,23H,3,8-11,13H2,(H,21,24). The molecule has 24 heavy (non-hydrogen) atoms. The average Bonchev–Trinajstić information content (AvgIpc) is 2.60. The van der Waals surface area contributed by atoms with Crippen molar-refractivity contribution in [3.8, 4) is 5.75 Å². The third-order valence-corrected chi connectivity index (χ3v) is 4.84. The molecular weight excluding hydrogens is 368 g/mol. The van der Waals surface area contributed by atoms with Crippen LogP contribution in [0.2, 0.25) is 0 Å². The predicted octanol–water partition coefficient (Wildman–Crippen LogP) is 3.33. The number of amides is 1. The van der Waals surface area contributed by atoms with Crippen LogP contribution in [-0.2, 0) is 13.0 Å². The minimum Gasteiger partial charge on any atom is -0.507 e. The van der Waals surface area contributed by atoms with Gasteiger partial charge in [-0.15, -0.1) is 0 Å². The van der Waals surface area contributed by atoms with Crippen LogP contribution in [0.4, 0.5) is 0 Å². The second-order valence-electron chi connectivity index (χ2n) is 6.07. The van der Waals surface area contributed by atoms with Crippen molar-refractivity contribution in [2.24, 2.45) is 0 Å². The number of hydrogen-bond donors (Lipinski definition) is 2. The normalized spacial score (nSPS) is 14.2. The molecule has 0 aliphatic carbocycles. The summed E-state index contributed by atoms with van der Waals surface area (Å²) in [5, 5.41) is 12.6. The number of hydrogen-bond acceptors (Lipinski definition) is 3. The highest BCUT2D eigenvalue weighted by Crippen LogP contribution is 2.21. The van der Waals surface area contributed by atoms with Crippen LogP contribution in [0.3, 0.4) is 0 Å². The first-order valence-electron chi connectivity index (χ1n) is 8.19. The van der Waals surface area contributed by atoms with Gasteiger partial charge in [0.2, 0.25) is 0 Å². The van der Waals surface area contributed by atoms with Gasteiger partial charge in [-0.2, -0.15) is 0 Å². The lowest BCUT2D eigenvalue weighted by Crippen LogP contribution is -2.33. The molecule has 2 aromatic rings. The van der Waals surface area contributed by atoms with E-state index in [0.29, 0.717) is 12.1 Å². The van der Waals surface area contributed by atoms with E-state index in [2.05, 4.69) is 50.4 Å². The van der Waals surface area contributed by atoms with Crippen LogP contribution in [-0.4, -0.2) is 35.5 Å². The zero-order chi connectivity index (χ0) is 16.9. The number of fused-ring (bicyclic) bond motifs is 1. The number of carbonyl (C=O) groups excluding carboxylic acids is 1. The number of phenolic OH excluding ortho intramolecular Hbond substituents is 1. The second-order valence-corrected chi connectivity index (χ2v) is 6.98. The molecule has 0 fully saturated rings. The van der Waals surface area contributed by atoms with E-state index < -0.39 is 0 Å². The maximum absolute atomic E-state index is 12.1. The van der Waals surface area contributed by atoms with Crippen LogP contribution in [0.25, 0.3) is 0 Å². The second kappa shape index (κ2) is 7.81. The van der Waals surface area contributed by atoms with E-state index in [4.69, 9.17) is 0 Å². The molecule has 3 rings (SSSR count). The first kappa shape index (κ1) is 17.0. The first-order chi connectivity index (χ1) is 11.6. The van der Waals surface area contributed by atoms with E-state index >= 15 is 0 Å². The lowest BCUT2D eigenvalue weighted by atomic mass is 10.00. The summed E-state index contributed by atoms with van der Waals surface area (Å²) in [4.78, 5) is 14.5. The van der Waals surface area contributed by atoms with E-state index in [0.717, 1.165) is 36.9 Å². The van der Waals surface area contributed by atoms with Crippen LogP contribution in [0.5, 0.6) is 5.75 Å². The van der Waals surface area contributed by atoms with Crippen molar-refractivity contribution >= 4 is 21.8 Å². The Labute approximate surface area is 150 Å². The van der Waals surface area contributed by atoms with Gasteiger partial charge in [-0.25, -0.2) is 0 Å². The number of halogens is 1. The molecule has 1 aliphatic heterocycles. The number of carbonyl (C=O) groups is 1. The van der Waals surface area contributed by atoms with Crippen molar-refractivity contribution in [2.45, 2.75) is 19.4 Å². The Morgan fingerprint density at radius 1 is 1.21 bits per heavy atom. The van der Waals surface area contributed by atoms with Crippen molar-refractivity contribution in [3.05, 3.63) is 63.6 Å². The molecule has 1 amide bonds. The van der Waals surface area contributed by atoms with E-state index in [9.17, 15) is 9.90 Å². The van der Waals surface area contributed by atoms with Gasteiger partial charge in [0.25, 0.3) is 5.91 Å². The molecule has 0 bridgehead atoms. The molecular formula is C19H21BrN2O2. The van der Waals surface area contributed by atoms with E-state index in [-0.39, 0.29) is 11.7 Å². The minimum atomic E-state index is -0.238. The number of rotatable bonds is 5. The third kappa shape index (κ3) is 4.16. The molecule has 1 heterocycles. The Balaban J connectivity index is 1.44. The van der Waals surface area contributed by atoms with Crippen LogP contribution < -0.4 is 5.32 Å². The molecule has 0 unspecified atom stereocenters. The molecule has 2 N–H and O–H groups in total. The van der Waals surface area contributed by atoms with E-state index in [1.54, 1.807) is 12.1 Å². The molecule has 0 spiro atoms. The number of nitrogens with zero attached hydrogens (tertiary/aromatic N) is 1. The Morgan fingerprint density at radius 2 is 2.00 bits per heavy atom. The van der Waals surface area contributed by atoms with Crippen molar-refractivity contribution in [3.63, 3.8) is 0 Å². The van der Waals surface area contributed by atoms with Crippen molar-refractivity contribution in [2.75, 3.05) is 19.6 Å². The average molecular weight is 389 g/mol. The molecule has 0 saturated carbocycles. The van der Waals surface area contributed by atoms with Crippen molar-refractivity contribution < 1.29 is 9.90 Å². The van der Waals surface area contributed by atoms with E-state index in [1.807, 2.05) is 0 Å². The Hall–Kier alpha value is -1.85. The fourth-order valence-corrected chi connectivity index (χ4v) is 3.40. The summed E-state index contributed by atoms with van der Waals surface area (Å²) in [5.41, 5.74) is 3.16. The maximum Gasteiger partial charge on any atom is 0.255 e. The molecule has 5 heteroatoms. The highest BCUT2D eigenvalue weighted by atomic mass is 79.9. The fraction of sp³-hybridized carbons (Fsp3) is 0.316. The Morgan fingerprint density at radius 3 is 2.83 bits per heavy atom. The zero-order valence-corrected chi connectivity index (χ0v) is 15.1. The van der Waals surface area contributed by atoms with Crippen LogP contribution in [0, 0.1) is 0 Å². The molecule has 1 aliphatic rings. The van der Waals surface area contributed by atoms with Gasteiger partial charge in [-0.1, -0.05) is 40.2 Å². The van der Waals surface area contributed by atoms with Gasteiger partial charge in [0.05, 0.1) is 5.56 Å². The summed E-state index contributed by atoms with van der Waals surface area (Å²) in [5.74, 6) is -0.235. The SMILES string of the molecule is O=C(NCCCN1CCc2ccccc2C1)c1cc(Br)ccc1O. The number of benzene rings is 2. The zero-order valence-electron chi connectivity index (χ0n) is 13.5. The van der Waals surface area contributed by atoms with Gasteiger partial charge < -0.3 is 10.4 Å². The number of nitrogens with one attached hydrogen (secondary N) is 1. The van der Waals surface area contributed by atoms with Crippen LogP contribution in [0.1, 0.15) is 27.9 Å². The minimum absolute atomic E-state index is 0.00309. The summed E-state index contributed by atoms with van der Waals surface area (Å²) < 4.78 is 0.775. The molecule has 4 nitrogen and oxygen atoms in total. The van der Waals surface area contributed by atoms with Gasteiger partial charge in [-0.05, 0) is 42.2 Å². The van der Waals surface area contributed by atoms with Gasteiger partial charge >= 0.3 is 0 Å². The van der Waals surface area contributed by atoms with Gasteiger partial charge in [0.1, 0.15) is 5.75 Å². The number of phenols is 1. The van der Waals surface area contributed by atoms with Crippen molar-refractivity contribution in [1.29, 1.82) is 0 Å². The first-order valence-corrected chi connectivity index (χ1v) is 8.98. The lowest BCUT2D eigenvalue weighted by Gasteiger charge is -2.28. The Bertz CT molecular complexity index is 733. The topological polar surface area (TPSA) is 52.6 Å².